The van der Waals surface area contributed by atoms with E-state index in [1.165, 1.54) is 18.1 Å². The molecule has 4 rings (SSSR count). The number of hydrogen-bond donors (Lipinski definition) is 4. The molecule has 1 aliphatic carbocycles. The predicted octanol–water partition coefficient (Wildman–Crippen LogP) is 5.00. The number of phenols is 1. The molecule has 45 heavy (non-hydrogen) atoms. The number of carbonyl (C=O) groups excluding carboxylic acids is 3. The van der Waals surface area contributed by atoms with Crippen LogP contribution >= 0.6 is 0 Å². The molecule has 3 atom stereocenters. The topological polar surface area (TPSA) is 133 Å². The summed E-state index contributed by atoms with van der Waals surface area (Å²) in [6.07, 6.45) is 1.96. The number of benzene rings is 3. The van der Waals surface area contributed by atoms with Gasteiger partial charge in [-0.25, -0.2) is 0 Å². The molecule has 0 bridgehead atoms. The van der Waals surface area contributed by atoms with E-state index in [0.29, 0.717) is 30.7 Å². The van der Waals surface area contributed by atoms with E-state index in [1.54, 1.807) is 13.2 Å². The number of aromatic hydroxyl groups is 1. The number of fused-ring (bicyclic) bond motifs is 1. The zero-order valence-electron chi connectivity index (χ0n) is 26.5. The Morgan fingerprint density at radius 2 is 1.73 bits per heavy atom. The Morgan fingerprint density at radius 3 is 2.40 bits per heavy atom. The number of aryl methyl sites for hydroxylation is 1. The highest BCUT2D eigenvalue weighted by atomic mass is 16.5. The van der Waals surface area contributed by atoms with E-state index in [4.69, 9.17) is 4.74 Å². The van der Waals surface area contributed by atoms with Crippen molar-refractivity contribution in [2.75, 3.05) is 26.9 Å². The van der Waals surface area contributed by atoms with Gasteiger partial charge in [-0.05, 0) is 98.4 Å². The minimum atomic E-state index is -0.795. The maximum atomic E-state index is 13.5. The summed E-state index contributed by atoms with van der Waals surface area (Å²) < 4.78 is 5.73. The molecule has 0 saturated heterocycles. The number of phenolic OH excluding ortho intramolecular Hbond substituents is 1. The van der Waals surface area contributed by atoms with Crippen molar-refractivity contribution in [3.05, 3.63) is 82.4 Å². The van der Waals surface area contributed by atoms with E-state index in [-0.39, 0.29) is 54.9 Å². The monoisotopic (exact) mass is 615 g/mol. The number of nitrogens with one attached hydrogen (secondary N) is 1. The molecule has 3 aromatic carbocycles. The smallest absolute Gasteiger partial charge is 0.167 e. The van der Waals surface area contributed by atoms with Gasteiger partial charge in [0.2, 0.25) is 0 Å². The average molecular weight is 616 g/mol. The Hall–Kier alpha value is -3.85. The van der Waals surface area contributed by atoms with Crippen LogP contribution < -0.4 is 10.1 Å². The summed E-state index contributed by atoms with van der Waals surface area (Å²) in [6.45, 7) is 4.26. The number of aliphatic hydroxyl groups excluding tert-OH is 2. The highest BCUT2D eigenvalue weighted by molar-refractivity contribution is 6.03. The Balaban J connectivity index is 1.58. The standard InChI is InChI=1S/C37H45NO7/c1-23-4-6-25(7-5-23)12-14-38-21-26-8-11-36(45-3)30(18-26)29-9-10-33(42)37-31(29)19-27(20-35(37)44)17-28(13-15-39)32(22-40)34(43)16-24(2)41/h4-11,18,27-28,32,38-40,42H,12-17,19-22H2,1-3H3. The molecule has 3 unspecified atom stereocenters. The van der Waals surface area contributed by atoms with Gasteiger partial charge in [-0.15, -0.1) is 0 Å². The molecule has 3 aromatic rings. The van der Waals surface area contributed by atoms with Gasteiger partial charge in [0.05, 0.1) is 25.7 Å². The van der Waals surface area contributed by atoms with Gasteiger partial charge in [-0.1, -0.05) is 42.0 Å². The quantitative estimate of drug-likeness (QED) is 0.131. The third-order valence-electron chi connectivity index (χ3n) is 8.87. The molecule has 0 radical (unpaired) electrons. The van der Waals surface area contributed by atoms with Crippen molar-refractivity contribution in [2.45, 2.75) is 58.9 Å². The molecule has 0 aliphatic heterocycles. The van der Waals surface area contributed by atoms with Crippen LogP contribution in [0, 0.1) is 24.7 Å². The summed E-state index contributed by atoms with van der Waals surface area (Å²) in [5.41, 5.74) is 6.19. The van der Waals surface area contributed by atoms with Gasteiger partial charge < -0.3 is 25.4 Å². The number of hydrogen-bond acceptors (Lipinski definition) is 8. The first-order valence-corrected chi connectivity index (χ1v) is 15.7. The van der Waals surface area contributed by atoms with E-state index in [0.717, 1.165) is 35.2 Å². The van der Waals surface area contributed by atoms with Crippen molar-refractivity contribution in [1.82, 2.24) is 5.32 Å². The molecule has 0 spiro atoms. The van der Waals surface area contributed by atoms with Crippen LogP contribution in [0.15, 0.2) is 54.6 Å². The van der Waals surface area contributed by atoms with Crippen molar-refractivity contribution in [2.24, 2.45) is 17.8 Å². The van der Waals surface area contributed by atoms with Gasteiger partial charge in [-0.3, -0.25) is 14.4 Å². The van der Waals surface area contributed by atoms with Crippen LogP contribution in [0.4, 0.5) is 0 Å². The lowest BCUT2D eigenvalue weighted by molar-refractivity contribution is -0.131. The molecule has 1 aliphatic rings. The van der Waals surface area contributed by atoms with Gasteiger partial charge in [0, 0.05) is 31.1 Å². The molecular weight excluding hydrogens is 570 g/mol. The van der Waals surface area contributed by atoms with Crippen molar-refractivity contribution < 1.29 is 34.4 Å². The van der Waals surface area contributed by atoms with E-state index in [2.05, 4.69) is 42.6 Å². The van der Waals surface area contributed by atoms with E-state index in [1.807, 2.05) is 18.2 Å². The van der Waals surface area contributed by atoms with Crippen LogP contribution in [0.1, 0.15) is 65.2 Å². The Morgan fingerprint density at radius 1 is 1.00 bits per heavy atom. The third-order valence-corrected chi connectivity index (χ3v) is 8.87. The van der Waals surface area contributed by atoms with Gasteiger partial charge in [0.25, 0.3) is 0 Å². The molecule has 0 amide bonds. The largest absolute Gasteiger partial charge is 0.507 e. The first-order valence-electron chi connectivity index (χ1n) is 15.7. The number of Topliss-reactive ketones (excluding diaryl/α,β-unsaturated/α-hetero) is 3. The zero-order valence-corrected chi connectivity index (χ0v) is 26.5. The van der Waals surface area contributed by atoms with Gasteiger partial charge in [0.1, 0.15) is 23.1 Å². The van der Waals surface area contributed by atoms with E-state index < -0.39 is 18.4 Å². The first kappa shape index (κ1) is 34.0. The minimum absolute atomic E-state index is 0.0677. The number of aliphatic hydroxyl groups is 2. The Bertz CT molecular complexity index is 1500. The summed E-state index contributed by atoms with van der Waals surface area (Å²) in [7, 11) is 1.60. The van der Waals surface area contributed by atoms with Gasteiger partial charge >= 0.3 is 0 Å². The maximum Gasteiger partial charge on any atom is 0.167 e. The van der Waals surface area contributed by atoms with Crippen molar-refractivity contribution in [3.8, 4) is 22.6 Å². The fourth-order valence-corrected chi connectivity index (χ4v) is 6.57. The highest BCUT2D eigenvalue weighted by Crippen LogP contribution is 2.43. The molecule has 0 saturated carbocycles. The second-order valence-corrected chi connectivity index (χ2v) is 12.3. The van der Waals surface area contributed by atoms with Gasteiger partial charge in [0.15, 0.2) is 5.78 Å². The Kier molecular flexibility index (Phi) is 12.0. The number of ether oxygens (including phenoxy) is 1. The number of methoxy groups -OCH3 is 1. The summed E-state index contributed by atoms with van der Waals surface area (Å²) in [4.78, 5) is 37.9. The number of ketones is 3. The molecule has 0 fully saturated rings. The SMILES string of the molecule is COc1ccc(CNCCc2ccc(C)cc2)cc1-c1ccc(O)c2c1CC(CC(CCO)C(CO)C(=O)CC(C)=O)CC2=O. The first-order chi connectivity index (χ1) is 21.6. The molecular formula is C37H45NO7. The van der Waals surface area contributed by atoms with Crippen molar-refractivity contribution >= 4 is 17.3 Å². The summed E-state index contributed by atoms with van der Waals surface area (Å²) >= 11 is 0. The molecule has 8 nitrogen and oxygen atoms in total. The van der Waals surface area contributed by atoms with Crippen molar-refractivity contribution in [3.63, 3.8) is 0 Å². The predicted molar refractivity (Wildman–Crippen MR) is 174 cm³/mol. The van der Waals surface area contributed by atoms with E-state index in [9.17, 15) is 29.7 Å². The molecule has 4 N–H and O–H groups in total. The average Bonchev–Trinajstić information content (AvgIpc) is 3.00. The lowest BCUT2D eigenvalue weighted by Crippen LogP contribution is -2.32. The van der Waals surface area contributed by atoms with Crippen LogP contribution in [-0.2, 0) is 29.0 Å². The van der Waals surface area contributed by atoms with Crippen molar-refractivity contribution in [1.29, 1.82) is 0 Å². The van der Waals surface area contributed by atoms with E-state index >= 15 is 0 Å². The lowest BCUT2D eigenvalue weighted by atomic mass is 9.72. The van der Waals surface area contributed by atoms with Crippen LogP contribution in [-0.4, -0.2) is 59.5 Å². The third kappa shape index (κ3) is 8.66. The number of rotatable bonds is 16. The number of carbonyl (C=O) groups is 3. The zero-order chi connectivity index (χ0) is 32.5. The highest BCUT2D eigenvalue weighted by Gasteiger charge is 2.35. The minimum Gasteiger partial charge on any atom is -0.507 e. The second kappa shape index (κ2) is 15.9. The van der Waals surface area contributed by atoms with Gasteiger partial charge in [-0.2, -0.15) is 0 Å². The van der Waals surface area contributed by atoms with Crippen LogP contribution in [0.3, 0.4) is 0 Å². The normalized spacial score (nSPS) is 15.8. The molecule has 0 heterocycles. The summed E-state index contributed by atoms with van der Waals surface area (Å²) in [5, 5.41) is 34.1. The van der Waals surface area contributed by atoms with Crippen LogP contribution in [0.25, 0.3) is 11.1 Å². The second-order valence-electron chi connectivity index (χ2n) is 12.3. The molecule has 0 aromatic heterocycles. The van der Waals surface area contributed by atoms with Crippen LogP contribution in [0.2, 0.25) is 0 Å². The summed E-state index contributed by atoms with van der Waals surface area (Å²) in [5.74, 6) is -1.60. The fraction of sp³-hybridized carbons (Fsp3) is 0.432. The fourth-order valence-electron chi connectivity index (χ4n) is 6.57. The molecule has 8 heteroatoms. The lowest BCUT2D eigenvalue weighted by Gasteiger charge is -2.32. The summed E-state index contributed by atoms with van der Waals surface area (Å²) in [6, 6.07) is 17.9. The maximum absolute atomic E-state index is 13.5. The Labute approximate surface area is 265 Å². The van der Waals surface area contributed by atoms with Crippen LogP contribution in [0.5, 0.6) is 11.5 Å². The molecule has 240 valence electrons.